The number of hydrogen-bond donors (Lipinski definition) is 1. The van der Waals surface area contributed by atoms with Gasteiger partial charge in [-0.15, -0.1) is 0 Å². The van der Waals surface area contributed by atoms with Crippen molar-refractivity contribution in [2.24, 2.45) is 0 Å². The van der Waals surface area contributed by atoms with E-state index in [1.165, 1.54) is 0 Å². The lowest BCUT2D eigenvalue weighted by Gasteiger charge is -2.26. The molecule has 2 aromatic rings. The molecule has 0 radical (unpaired) electrons. The summed E-state index contributed by atoms with van der Waals surface area (Å²) in [7, 11) is -3.11. The Balaban J connectivity index is 1.69. The topological polar surface area (TPSA) is 64.0 Å². The molecule has 1 aromatic heterocycles. The standard InChI is InChI=1S/C15H19N3O2S/c1-12-10-17-18(11-12)8-7-16-14-6-9-21(19,20)15-5-3-2-4-13(14)15/h2-5,10-11,14,16H,6-9H2,1H3. The molecule has 21 heavy (non-hydrogen) atoms. The van der Waals surface area contributed by atoms with Crippen LogP contribution in [0.25, 0.3) is 0 Å². The summed E-state index contributed by atoms with van der Waals surface area (Å²) in [6.45, 7) is 3.55. The van der Waals surface area contributed by atoms with Crippen molar-refractivity contribution in [3.63, 3.8) is 0 Å². The molecule has 0 amide bonds. The molecular formula is C15H19N3O2S. The summed E-state index contributed by atoms with van der Waals surface area (Å²) in [6, 6.07) is 7.38. The van der Waals surface area contributed by atoms with Crippen molar-refractivity contribution in [3.8, 4) is 0 Å². The van der Waals surface area contributed by atoms with Gasteiger partial charge in [-0.25, -0.2) is 8.42 Å². The second-order valence-electron chi connectivity index (χ2n) is 5.43. The van der Waals surface area contributed by atoms with Gasteiger partial charge in [-0.2, -0.15) is 5.10 Å². The lowest BCUT2D eigenvalue weighted by molar-refractivity contribution is 0.461. The number of hydrogen-bond acceptors (Lipinski definition) is 4. The molecule has 1 aliphatic heterocycles. The van der Waals surface area contributed by atoms with Crippen LogP contribution in [-0.4, -0.2) is 30.5 Å². The van der Waals surface area contributed by atoms with Gasteiger partial charge in [0.1, 0.15) is 0 Å². The summed E-state index contributed by atoms with van der Waals surface area (Å²) in [5.41, 5.74) is 2.03. The number of aryl methyl sites for hydroxylation is 1. The zero-order valence-electron chi connectivity index (χ0n) is 12.0. The second-order valence-corrected chi connectivity index (χ2v) is 7.51. The maximum Gasteiger partial charge on any atom is 0.178 e. The molecule has 1 unspecified atom stereocenters. The molecule has 0 aliphatic carbocycles. The van der Waals surface area contributed by atoms with Gasteiger partial charge in [-0.3, -0.25) is 4.68 Å². The Bertz CT molecular complexity index is 737. The molecule has 1 N–H and O–H groups in total. The van der Waals surface area contributed by atoms with E-state index in [0.717, 1.165) is 24.2 Å². The molecular weight excluding hydrogens is 286 g/mol. The smallest absolute Gasteiger partial charge is 0.178 e. The Morgan fingerprint density at radius 2 is 2.19 bits per heavy atom. The van der Waals surface area contributed by atoms with Gasteiger partial charge in [-0.05, 0) is 30.5 Å². The Kier molecular flexibility index (Phi) is 3.82. The summed E-state index contributed by atoms with van der Waals surface area (Å²) in [5, 5.41) is 7.69. The van der Waals surface area contributed by atoms with Crippen molar-refractivity contribution >= 4 is 9.84 Å². The third kappa shape index (κ3) is 3.01. The van der Waals surface area contributed by atoms with Crippen molar-refractivity contribution in [2.45, 2.75) is 30.8 Å². The molecule has 0 saturated carbocycles. The highest BCUT2D eigenvalue weighted by atomic mass is 32.2. The van der Waals surface area contributed by atoms with Crippen molar-refractivity contribution in [3.05, 3.63) is 47.8 Å². The van der Waals surface area contributed by atoms with E-state index in [2.05, 4.69) is 10.4 Å². The van der Waals surface area contributed by atoms with Crippen molar-refractivity contribution in [2.75, 3.05) is 12.3 Å². The lowest BCUT2D eigenvalue weighted by atomic mass is 10.0. The van der Waals surface area contributed by atoms with Crippen LogP contribution >= 0.6 is 0 Å². The van der Waals surface area contributed by atoms with Gasteiger partial charge in [0.25, 0.3) is 0 Å². The third-order valence-electron chi connectivity index (χ3n) is 3.80. The Labute approximate surface area is 124 Å². The lowest BCUT2D eigenvalue weighted by Crippen LogP contribution is -2.31. The van der Waals surface area contributed by atoms with Gasteiger partial charge < -0.3 is 5.32 Å². The van der Waals surface area contributed by atoms with Crippen LogP contribution in [-0.2, 0) is 16.4 Å². The number of nitrogens with zero attached hydrogens (tertiary/aromatic N) is 2. The minimum Gasteiger partial charge on any atom is -0.308 e. The van der Waals surface area contributed by atoms with E-state index in [1.807, 2.05) is 36.1 Å². The number of nitrogens with one attached hydrogen (secondary N) is 1. The predicted octanol–water partition coefficient (Wildman–Crippen LogP) is 1.70. The largest absolute Gasteiger partial charge is 0.308 e. The highest BCUT2D eigenvalue weighted by molar-refractivity contribution is 7.91. The van der Waals surface area contributed by atoms with Gasteiger partial charge in [0.15, 0.2) is 9.84 Å². The summed E-state index contributed by atoms with van der Waals surface area (Å²) < 4.78 is 26.0. The Morgan fingerprint density at radius 1 is 1.38 bits per heavy atom. The van der Waals surface area contributed by atoms with Crippen molar-refractivity contribution in [1.29, 1.82) is 0 Å². The van der Waals surface area contributed by atoms with E-state index < -0.39 is 9.84 Å². The maximum atomic E-state index is 12.1. The van der Waals surface area contributed by atoms with Crippen LogP contribution in [0.2, 0.25) is 0 Å². The van der Waals surface area contributed by atoms with E-state index in [4.69, 9.17) is 0 Å². The highest BCUT2D eigenvalue weighted by Crippen LogP contribution is 2.31. The minimum atomic E-state index is -3.11. The number of fused-ring (bicyclic) bond motifs is 1. The first kappa shape index (κ1) is 14.3. The summed E-state index contributed by atoms with van der Waals surface area (Å²) in [6.07, 6.45) is 4.46. The SMILES string of the molecule is Cc1cnn(CCNC2CCS(=O)(=O)c3ccccc32)c1. The van der Waals surface area contributed by atoms with Crippen LogP contribution in [0.4, 0.5) is 0 Å². The molecule has 0 spiro atoms. The fourth-order valence-electron chi connectivity index (χ4n) is 2.74. The second kappa shape index (κ2) is 5.61. The van der Waals surface area contributed by atoms with Crippen LogP contribution in [0, 0.1) is 6.92 Å². The van der Waals surface area contributed by atoms with E-state index in [-0.39, 0.29) is 11.8 Å². The molecule has 6 heteroatoms. The maximum absolute atomic E-state index is 12.1. The first-order chi connectivity index (χ1) is 10.1. The van der Waals surface area contributed by atoms with E-state index in [0.29, 0.717) is 11.3 Å². The summed E-state index contributed by atoms with van der Waals surface area (Å²) in [4.78, 5) is 0.476. The fourth-order valence-corrected chi connectivity index (χ4v) is 4.37. The van der Waals surface area contributed by atoms with Crippen LogP contribution in [0.5, 0.6) is 0 Å². The van der Waals surface area contributed by atoms with Gasteiger partial charge in [0.05, 0.1) is 23.4 Å². The average molecular weight is 305 g/mol. The zero-order valence-corrected chi connectivity index (χ0v) is 12.8. The highest BCUT2D eigenvalue weighted by Gasteiger charge is 2.29. The summed E-state index contributed by atoms with van der Waals surface area (Å²) in [5.74, 6) is 0.211. The van der Waals surface area contributed by atoms with Gasteiger partial charge in [0, 0.05) is 18.8 Å². The predicted molar refractivity (Wildman–Crippen MR) is 80.8 cm³/mol. The zero-order chi connectivity index (χ0) is 14.9. The van der Waals surface area contributed by atoms with Crippen LogP contribution in [0.3, 0.4) is 0 Å². The van der Waals surface area contributed by atoms with Crippen molar-refractivity contribution in [1.82, 2.24) is 15.1 Å². The number of sulfone groups is 1. The fraction of sp³-hybridized carbons (Fsp3) is 0.400. The van der Waals surface area contributed by atoms with Gasteiger partial charge in [-0.1, -0.05) is 18.2 Å². The Morgan fingerprint density at radius 3 is 2.95 bits per heavy atom. The first-order valence-electron chi connectivity index (χ1n) is 7.10. The Hall–Kier alpha value is -1.66. The third-order valence-corrected chi connectivity index (χ3v) is 5.61. The van der Waals surface area contributed by atoms with E-state index in [1.54, 1.807) is 12.1 Å². The molecule has 1 aliphatic rings. The summed E-state index contributed by atoms with van der Waals surface area (Å²) >= 11 is 0. The van der Waals surface area contributed by atoms with E-state index in [9.17, 15) is 8.42 Å². The monoisotopic (exact) mass is 305 g/mol. The van der Waals surface area contributed by atoms with Crippen LogP contribution in [0.1, 0.15) is 23.6 Å². The van der Waals surface area contributed by atoms with Crippen LogP contribution < -0.4 is 5.32 Å². The molecule has 112 valence electrons. The van der Waals surface area contributed by atoms with Gasteiger partial charge in [0.2, 0.25) is 0 Å². The number of benzene rings is 1. The molecule has 2 heterocycles. The number of aromatic nitrogens is 2. The molecule has 5 nitrogen and oxygen atoms in total. The van der Waals surface area contributed by atoms with Crippen molar-refractivity contribution < 1.29 is 8.42 Å². The molecule has 3 rings (SSSR count). The average Bonchev–Trinajstić information content (AvgIpc) is 2.87. The molecule has 0 bridgehead atoms. The van der Waals surface area contributed by atoms with E-state index >= 15 is 0 Å². The van der Waals surface area contributed by atoms with Gasteiger partial charge >= 0.3 is 0 Å². The first-order valence-corrected chi connectivity index (χ1v) is 8.75. The molecule has 1 atom stereocenters. The molecule has 1 aromatic carbocycles. The normalized spacial score (nSPS) is 20.1. The minimum absolute atomic E-state index is 0.0985. The molecule has 0 fully saturated rings. The molecule has 0 saturated heterocycles. The quantitative estimate of drug-likeness (QED) is 0.934. The number of rotatable bonds is 4. The van der Waals surface area contributed by atoms with Crippen LogP contribution in [0.15, 0.2) is 41.6 Å².